The first-order valence-electron chi connectivity index (χ1n) is 6.84. The molecule has 1 aliphatic carbocycles. The molecule has 18 heavy (non-hydrogen) atoms. The first-order valence-corrected chi connectivity index (χ1v) is 6.84. The van der Waals surface area contributed by atoms with E-state index in [-0.39, 0.29) is 12.5 Å². The minimum absolute atomic E-state index is 0.0904. The largest absolute Gasteiger partial charge is 0.481 e. The summed E-state index contributed by atoms with van der Waals surface area (Å²) in [6.07, 6.45) is 6.28. The van der Waals surface area contributed by atoms with E-state index in [2.05, 4.69) is 10.6 Å². The summed E-state index contributed by atoms with van der Waals surface area (Å²) < 4.78 is 0. The second-order valence-electron chi connectivity index (χ2n) is 5.21. The molecule has 1 rings (SSSR count). The smallest absolute Gasteiger partial charge is 0.315 e. The molecule has 1 fully saturated rings. The number of carboxylic acid groups (broad SMARTS) is 1. The first kappa shape index (κ1) is 14.8. The lowest BCUT2D eigenvalue weighted by molar-refractivity contribution is -0.137. The number of carboxylic acids is 1. The molecular formula is C13H24N2O3. The van der Waals surface area contributed by atoms with Crippen molar-refractivity contribution in [2.45, 2.75) is 57.9 Å². The van der Waals surface area contributed by atoms with Crippen molar-refractivity contribution in [1.82, 2.24) is 10.6 Å². The van der Waals surface area contributed by atoms with Crippen LogP contribution in [0.2, 0.25) is 0 Å². The number of carbonyl (C=O) groups is 2. The summed E-state index contributed by atoms with van der Waals surface area (Å²) >= 11 is 0. The average Bonchev–Trinajstić information content (AvgIpc) is 2.79. The zero-order valence-corrected chi connectivity index (χ0v) is 11.1. The van der Waals surface area contributed by atoms with Crippen molar-refractivity contribution in [1.29, 1.82) is 0 Å². The molecule has 0 saturated heterocycles. The molecule has 3 N–H and O–H groups in total. The molecule has 1 aliphatic rings. The molecule has 1 unspecified atom stereocenters. The van der Waals surface area contributed by atoms with Crippen LogP contribution in [0.5, 0.6) is 0 Å². The van der Waals surface area contributed by atoms with E-state index in [1.807, 2.05) is 6.92 Å². The maximum absolute atomic E-state index is 11.5. The summed E-state index contributed by atoms with van der Waals surface area (Å²) in [7, 11) is 0. The molecular weight excluding hydrogens is 232 g/mol. The third-order valence-corrected chi connectivity index (χ3v) is 3.46. The van der Waals surface area contributed by atoms with Crippen LogP contribution in [0, 0.1) is 5.92 Å². The Hall–Kier alpha value is -1.26. The van der Waals surface area contributed by atoms with E-state index in [0.29, 0.717) is 24.9 Å². The van der Waals surface area contributed by atoms with Crippen LogP contribution in [-0.4, -0.2) is 29.7 Å². The lowest BCUT2D eigenvalue weighted by atomic mass is 10.0. The van der Waals surface area contributed by atoms with Gasteiger partial charge in [0.15, 0.2) is 0 Å². The van der Waals surface area contributed by atoms with Gasteiger partial charge in [-0.3, -0.25) is 4.79 Å². The van der Waals surface area contributed by atoms with E-state index >= 15 is 0 Å². The molecule has 0 aromatic heterocycles. The normalized spacial score (nSPS) is 17.4. The minimum atomic E-state index is -0.756. The highest BCUT2D eigenvalue weighted by atomic mass is 16.4. The highest BCUT2D eigenvalue weighted by Gasteiger charge is 2.16. The lowest BCUT2D eigenvalue weighted by Crippen LogP contribution is -2.41. The fraction of sp³-hybridized carbons (Fsp3) is 0.846. The number of nitrogens with one attached hydrogen (secondary N) is 2. The number of hydrogen-bond donors (Lipinski definition) is 3. The molecule has 0 bridgehead atoms. The van der Waals surface area contributed by atoms with Crippen molar-refractivity contribution < 1.29 is 14.7 Å². The van der Waals surface area contributed by atoms with Crippen LogP contribution in [0.3, 0.4) is 0 Å². The Morgan fingerprint density at radius 3 is 2.56 bits per heavy atom. The predicted octanol–water partition coefficient (Wildman–Crippen LogP) is 2.12. The van der Waals surface area contributed by atoms with Gasteiger partial charge in [-0.1, -0.05) is 19.8 Å². The van der Waals surface area contributed by atoms with E-state index in [0.717, 1.165) is 19.3 Å². The van der Waals surface area contributed by atoms with E-state index in [1.165, 1.54) is 12.8 Å². The zero-order valence-electron chi connectivity index (χ0n) is 11.1. The van der Waals surface area contributed by atoms with Crippen molar-refractivity contribution in [3.63, 3.8) is 0 Å². The van der Waals surface area contributed by atoms with Gasteiger partial charge in [-0.05, 0) is 31.6 Å². The molecule has 0 heterocycles. The van der Waals surface area contributed by atoms with Gasteiger partial charge < -0.3 is 15.7 Å². The standard InChI is InChI=1S/C13H24N2O3/c1-10(6-7-12(16)17)8-9-14-13(18)15-11-4-2-3-5-11/h10-11H,2-9H2,1H3,(H,16,17)(H2,14,15,18). The monoisotopic (exact) mass is 256 g/mol. The van der Waals surface area contributed by atoms with Crippen LogP contribution >= 0.6 is 0 Å². The van der Waals surface area contributed by atoms with Crippen molar-refractivity contribution in [3.05, 3.63) is 0 Å². The maximum Gasteiger partial charge on any atom is 0.315 e. The van der Waals surface area contributed by atoms with Crippen LogP contribution in [0.25, 0.3) is 0 Å². The molecule has 1 saturated carbocycles. The molecule has 104 valence electrons. The van der Waals surface area contributed by atoms with Crippen LogP contribution in [0.4, 0.5) is 4.79 Å². The molecule has 0 aliphatic heterocycles. The number of aliphatic carboxylic acids is 1. The Kier molecular flexibility index (Phi) is 6.54. The Morgan fingerprint density at radius 1 is 1.28 bits per heavy atom. The maximum atomic E-state index is 11.5. The lowest BCUT2D eigenvalue weighted by Gasteiger charge is -2.14. The van der Waals surface area contributed by atoms with Crippen molar-refractivity contribution in [2.75, 3.05) is 6.54 Å². The van der Waals surface area contributed by atoms with Gasteiger partial charge in [0.2, 0.25) is 0 Å². The first-order chi connectivity index (χ1) is 8.58. The van der Waals surface area contributed by atoms with Crippen LogP contribution in [0.15, 0.2) is 0 Å². The average molecular weight is 256 g/mol. The minimum Gasteiger partial charge on any atom is -0.481 e. The third kappa shape index (κ3) is 6.47. The molecule has 0 spiro atoms. The summed E-state index contributed by atoms with van der Waals surface area (Å²) in [5.41, 5.74) is 0. The Labute approximate surface area is 108 Å². The fourth-order valence-electron chi connectivity index (χ4n) is 2.25. The molecule has 5 heteroatoms. The van der Waals surface area contributed by atoms with Gasteiger partial charge in [-0.2, -0.15) is 0 Å². The summed E-state index contributed by atoms with van der Waals surface area (Å²) in [6, 6.07) is 0.252. The van der Waals surface area contributed by atoms with Gasteiger partial charge in [0, 0.05) is 19.0 Å². The van der Waals surface area contributed by atoms with E-state index in [4.69, 9.17) is 5.11 Å². The number of amides is 2. The fourth-order valence-corrected chi connectivity index (χ4v) is 2.25. The van der Waals surface area contributed by atoms with Gasteiger partial charge in [-0.15, -0.1) is 0 Å². The highest BCUT2D eigenvalue weighted by Crippen LogP contribution is 2.17. The third-order valence-electron chi connectivity index (χ3n) is 3.46. The van der Waals surface area contributed by atoms with E-state index < -0.39 is 5.97 Å². The number of hydrogen-bond acceptors (Lipinski definition) is 2. The molecule has 5 nitrogen and oxygen atoms in total. The molecule has 0 aromatic carbocycles. The highest BCUT2D eigenvalue weighted by molar-refractivity contribution is 5.74. The van der Waals surface area contributed by atoms with Crippen LogP contribution in [-0.2, 0) is 4.79 Å². The number of rotatable bonds is 7. The number of urea groups is 1. The summed E-state index contributed by atoms with van der Waals surface area (Å²) in [6.45, 7) is 2.62. The quantitative estimate of drug-likeness (QED) is 0.653. The van der Waals surface area contributed by atoms with Crippen molar-refractivity contribution in [2.24, 2.45) is 5.92 Å². The van der Waals surface area contributed by atoms with E-state index in [1.54, 1.807) is 0 Å². The van der Waals surface area contributed by atoms with Gasteiger partial charge >= 0.3 is 12.0 Å². The summed E-state index contributed by atoms with van der Waals surface area (Å²) in [4.78, 5) is 21.9. The van der Waals surface area contributed by atoms with Crippen molar-refractivity contribution >= 4 is 12.0 Å². The van der Waals surface area contributed by atoms with Crippen LogP contribution < -0.4 is 10.6 Å². The predicted molar refractivity (Wildman–Crippen MR) is 69.4 cm³/mol. The molecule has 0 radical (unpaired) electrons. The zero-order chi connectivity index (χ0) is 13.4. The van der Waals surface area contributed by atoms with Gasteiger partial charge in [0.1, 0.15) is 0 Å². The topological polar surface area (TPSA) is 78.4 Å². The molecule has 2 amide bonds. The second kappa shape index (κ2) is 7.95. The van der Waals surface area contributed by atoms with Crippen molar-refractivity contribution in [3.8, 4) is 0 Å². The Balaban J connectivity index is 2.02. The van der Waals surface area contributed by atoms with Gasteiger partial charge in [0.05, 0.1) is 0 Å². The molecule has 1 atom stereocenters. The Morgan fingerprint density at radius 2 is 1.94 bits per heavy atom. The molecule has 0 aromatic rings. The van der Waals surface area contributed by atoms with E-state index in [9.17, 15) is 9.59 Å². The second-order valence-corrected chi connectivity index (χ2v) is 5.21. The number of carbonyl (C=O) groups excluding carboxylic acids is 1. The van der Waals surface area contributed by atoms with Crippen LogP contribution in [0.1, 0.15) is 51.9 Å². The Bertz CT molecular complexity index is 275. The SMILES string of the molecule is CC(CCNC(=O)NC1CCCC1)CCC(=O)O. The summed E-state index contributed by atoms with van der Waals surface area (Å²) in [5.74, 6) is -0.429. The van der Waals surface area contributed by atoms with Gasteiger partial charge in [-0.25, -0.2) is 4.79 Å². The summed E-state index contributed by atoms with van der Waals surface area (Å²) in [5, 5.41) is 14.3. The van der Waals surface area contributed by atoms with Gasteiger partial charge in [0.25, 0.3) is 0 Å².